The average Bonchev–Trinajstić information content (AvgIpc) is 3.26. The van der Waals surface area contributed by atoms with Gasteiger partial charge in [-0.25, -0.2) is 0 Å². The van der Waals surface area contributed by atoms with Crippen molar-refractivity contribution < 1.29 is 17.6 Å². The van der Waals surface area contributed by atoms with Gasteiger partial charge in [-0.15, -0.1) is 0 Å². The molecule has 0 aromatic carbocycles. The van der Waals surface area contributed by atoms with Gasteiger partial charge in [0.2, 0.25) is 0 Å². The van der Waals surface area contributed by atoms with Crippen LogP contribution in [0.2, 0.25) is 0 Å². The zero-order valence-corrected chi connectivity index (χ0v) is 14.1. The van der Waals surface area contributed by atoms with Gasteiger partial charge in [-0.2, -0.15) is 17.0 Å². The minimum atomic E-state index is -3.49. The molecular formula is C16H24N2O4S. The Bertz CT molecular complexity index is 631. The highest BCUT2D eigenvalue weighted by atomic mass is 32.2. The van der Waals surface area contributed by atoms with Gasteiger partial charge in [-0.05, 0) is 50.7 Å². The summed E-state index contributed by atoms with van der Waals surface area (Å²) in [6.45, 7) is 1.79. The van der Waals surface area contributed by atoms with E-state index in [9.17, 15) is 8.42 Å². The third-order valence-corrected chi connectivity index (χ3v) is 7.39. The number of hydrogen-bond acceptors (Lipinski definition) is 4. The first-order chi connectivity index (χ1) is 11.2. The van der Waals surface area contributed by atoms with E-state index < -0.39 is 10.2 Å². The van der Waals surface area contributed by atoms with Crippen LogP contribution in [0.1, 0.15) is 50.3 Å². The van der Waals surface area contributed by atoms with Gasteiger partial charge in [0, 0.05) is 19.7 Å². The first-order valence-corrected chi connectivity index (χ1v) is 10.0. The second-order valence-electron chi connectivity index (χ2n) is 6.66. The summed E-state index contributed by atoms with van der Waals surface area (Å²) in [5.74, 6) is 0.750. The summed E-state index contributed by atoms with van der Waals surface area (Å²) in [6.07, 6.45) is 7.08. The molecule has 1 aromatic heterocycles. The lowest BCUT2D eigenvalue weighted by molar-refractivity contribution is 0.0457. The topological polar surface area (TPSA) is 63.0 Å². The number of nitrogens with zero attached hydrogens (tertiary/aromatic N) is 2. The Morgan fingerprint density at radius 3 is 2.74 bits per heavy atom. The Kier molecular flexibility index (Phi) is 4.21. The molecule has 4 rings (SSSR count). The van der Waals surface area contributed by atoms with Crippen LogP contribution in [0.4, 0.5) is 0 Å². The molecule has 0 unspecified atom stereocenters. The standard InChI is InChI=1S/C16H24N2O4S/c19-23(20,17-9-2-6-14(17)16-8-3-11-21-16)18-10-4-12-22-15-7-1-5-13(15)18/h3,8,11,13-15H,1-2,4-7,9-10,12H2/t13-,14-,15-/m1/s1. The van der Waals surface area contributed by atoms with Gasteiger partial charge in [0.1, 0.15) is 5.76 Å². The SMILES string of the molecule is O=S(=O)(N1CCC[C@@H]1c1ccco1)N1CCCO[C@@H]2CCC[C@H]21. The molecule has 0 amide bonds. The van der Waals surface area contributed by atoms with E-state index >= 15 is 0 Å². The van der Waals surface area contributed by atoms with E-state index in [-0.39, 0.29) is 18.2 Å². The Balaban J connectivity index is 1.63. The van der Waals surface area contributed by atoms with Crippen molar-refractivity contribution in [3.8, 4) is 0 Å². The smallest absolute Gasteiger partial charge is 0.282 e. The summed E-state index contributed by atoms with van der Waals surface area (Å²) in [5, 5.41) is 0. The maximum atomic E-state index is 13.3. The predicted molar refractivity (Wildman–Crippen MR) is 85.0 cm³/mol. The second kappa shape index (κ2) is 6.20. The normalized spacial score (nSPS) is 33.7. The lowest BCUT2D eigenvalue weighted by atomic mass is 10.2. The van der Waals surface area contributed by atoms with Gasteiger partial charge in [0.15, 0.2) is 0 Å². The number of fused-ring (bicyclic) bond motifs is 1. The van der Waals surface area contributed by atoms with Crippen molar-refractivity contribution in [3.05, 3.63) is 24.2 Å². The van der Waals surface area contributed by atoms with E-state index in [4.69, 9.17) is 9.15 Å². The van der Waals surface area contributed by atoms with E-state index in [1.54, 1.807) is 14.9 Å². The summed E-state index contributed by atoms with van der Waals surface area (Å²) in [4.78, 5) is 0. The Morgan fingerprint density at radius 1 is 1.04 bits per heavy atom. The highest BCUT2D eigenvalue weighted by Crippen LogP contribution is 2.38. The van der Waals surface area contributed by atoms with Crippen molar-refractivity contribution in [1.82, 2.24) is 8.61 Å². The van der Waals surface area contributed by atoms with Gasteiger partial charge in [0.05, 0.1) is 24.5 Å². The summed E-state index contributed by atoms with van der Waals surface area (Å²) < 4.78 is 41.4. The van der Waals surface area contributed by atoms with Crippen LogP contribution in [0.5, 0.6) is 0 Å². The lowest BCUT2D eigenvalue weighted by Gasteiger charge is -2.34. The van der Waals surface area contributed by atoms with Gasteiger partial charge < -0.3 is 9.15 Å². The van der Waals surface area contributed by atoms with Crippen LogP contribution >= 0.6 is 0 Å². The minimum Gasteiger partial charge on any atom is -0.468 e. The van der Waals surface area contributed by atoms with Crippen LogP contribution in [0.3, 0.4) is 0 Å². The van der Waals surface area contributed by atoms with Crippen molar-refractivity contribution in [2.24, 2.45) is 0 Å². The molecule has 23 heavy (non-hydrogen) atoms. The van der Waals surface area contributed by atoms with Crippen LogP contribution in [0, 0.1) is 0 Å². The number of hydrogen-bond donors (Lipinski definition) is 0. The summed E-state index contributed by atoms with van der Waals surface area (Å²) in [6, 6.07) is 3.53. The van der Waals surface area contributed by atoms with Gasteiger partial charge in [-0.3, -0.25) is 0 Å². The molecule has 3 aliphatic rings. The fourth-order valence-corrected chi connectivity index (χ4v) is 6.36. The van der Waals surface area contributed by atoms with Gasteiger partial charge >= 0.3 is 0 Å². The number of furan rings is 1. The van der Waals surface area contributed by atoms with Crippen LogP contribution in [-0.4, -0.2) is 48.9 Å². The van der Waals surface area contributed by atoms with Crippen molar-refractivity contribution in [2.45, 2.75) is 56.7 Å². The summed E-state index contributed by atoms with van der Waals surface area (Å²) >= 11 is 0. The first-order valence-electron chi connectivity index (χ1n) is 8.61. The highest BCUT2D eigenvalue weighted by Gasteiger charge is 2.46. The maximum absolute atomic E-state index is 13.3. The molecule has 1 aromatic rings. The molecule has 3 heterocycles. The van der Waals surface area contributed by atoms with Gasteiger partial charge in [0.25, 0.3) is 10.2 Å². The third-order valence-electron chi connectivity index (χ3n) is 5.31. The van der Waals surface area contributed by atoms with E-state index in [1.165, 1.54) is 0 Å². The molecule has 3 fully saturated rings. The van der Waals surface area contributed by atoms with Crippen LogP contribution in [0.25, 0.3) is 0 Å². The molecule has 2 saturated heterocycles. The van der Waals surface area contributed by atoms with Crippen molar-refractivity contribution in [3.63, 3.8) is 0 Å². The average molecular weight is 340 g/mol. The van der Waals surface area contributed by atoms with Crippen LogP contribution in [0.15, 0.2) is 22.8 Å². The molecule has 0 bridgehead atoms. The third kappa shape index (κ3) is 2.73. The second-order valence-corrected chi connectivity index (χ2v) is 8.50. The lowest BCUT2D eigenvalue weighted by Crippen LogP contribution is -2.50. The van der Waals surface area contributed by atoms with E-state index in [2.05, 4.69) is 0 Å². The largest absolute Gasteiger partial charge is 0.468 e. The molecule has 2 aliphatic heterocycles. The molecule has 0 spiro atoms. The molecule has 0 radical (unpaired) electrons. The molecule has 0 N–H and O–H groups in total. The predicted octanol–water partition coefficient (Wildman–Crippen LogP) is 2.30. The van der Waals surface area contributed by atoms with Crippen molar-refractivity contribution in [1.29, 1.82) is 0 Å². The molecule has 128 valence electrons. The molecule has 1 aliphatic carbocycles. The zero-order valence-electron chi connectivity index (χ0n) is 13.3. The van der Waals surface area contributed by atoms with Crippen LogP contribution < -0.4 is 0 Å². The quantitative estimate of drug-likeness (QED) is 0.847. The molecule has 6 nitrogen and oxygen atoms in total. The monoisotopic (exact) mass is 340 g/mol. The van der Waals surface area contributed by atoms with E-state index in [0.29, 0.717) is 19.7 Å². The molecule has 7 heteroatoms. The van der Waals surface area contributed by atoms with E-state index in [1.807, 2.05) is 12.1 Å². The fourth-order valence-electron chi connectivity index (χ4n) is 4.25. The summed E-state index contributed by atoms with van der Waals surface area (Å²) in [7, 11) is -3.49. The van der Waals surface area contributed by atoms with Crippen molar-refractivity contribution >= 4 is 10.2 Å². The van der Waals surface area contributed by atoms with Gasteiger partial charge in [-0.1, -0.05) is 0 Å². The number of ether oxygens (including phenoxy) is 1. The van der Waals surface area contributed by atoms with Crippen molar-refractivity contribution in [2.75, 3.05) is 19.7 Å². The molecule has 3 atom stereocenters. The summed E-state index contributed by atoms with van der Waals surface area (Å²) in [5.41, 5.74) is 0. The maximum Gasteiger partial charge on any atom is 0.282 e. The molecular weight excluding hydrogens is 316 g/mol. The fraction of sp³-hybridized carbons (Fsp3) is 0.750. The first kappa shape index (κ1) is 15.6. The Labute approximate surface area is 137 Å². The van der Waals surface area contributed by atoms with Crippen LogP contribution in [-0.2, 0) is 14.9 Å². The minimum absolute atomic E-state index is 0.000325. The Hall–Kier alpha value is -0.890. The highest BCUT2D eigenvalue weighted by molar-refractivity contribution is 7.86. The molecule has 1 saturated carbocycles. The zero-order chi connectivity index (χ0) is 15.9. The number of rotatable bonds is 3. The Morgan fingerprint density at radius 2 is 1.91 bits per heavy atom. The van der Waals surface area contributed by atoms with E-state index in [0.717, 1.165) is 44.3 Å².